The van der Waals surface area contributed by atoms with E-state index >= 15 is 0 Å². The van der Waals surface area contributed by atoms with Gasteiger partial charge in [0.2, 0.25) is 5.91 Å². The van der Waals surface area contributed by atoms with Gasteiger partial charge in [-0.2, -0.15) is 0 Å². The molecule has 0 saturated heterocycles. The van der Waals surface area contributed by atoms with E-state index in [9.17, 15) is 14.0 Å². The number of amides is 2. The van der Waals surface area contributed by atoms with Gasteiger partial charge in [-0.15, -0.1) is 5.10 Å². The maximum Gasteiger partial charge on any atom is 0.252 e. The molecular formula is C27H34FN7O3. The van der Waals surface area contributed by atoms with Gasteiger partial charge in [-0.1, -0.05) is 26.8 Å². The number of hydrogen-bond acceptors (Lipinski definition) is 7. The fourth-order valence-electron chi connectivity index (χ4n) is 4.68. The normalized spacial score (nSPS) is 14.5. The summed E-state index contributed by atoms with van der Waals surface area (Å²) >= 11 is 0. The molecule has 1 aromatic heterocycles. The SMILES string of the molecule is COc1cccc(C(=O)N[C@@H](CC(C)(C)C)C(=O)N[C@@H](Cc2nnn[nH]2)CN2CCc3cc(F)ccc32)c1. The molecule has 3 N–H and O–H groups in total. The first kappa shape index (κ1) is 27.0. The summed E-state index contributed by atoms with van der Waals surface area (Å²) in [5.74, 6) is 0.162. The van der Waals surface area contributed by atoms with Crippen LogP contribution in [0.2, 0.25) is 0 Å². The van der Waals surface area contributed by atoms with Gasteiger partial charge in [0.15, 0.2) is 5.82 Å². The Morgan fingerprint density at radius 3 is 2.71 bits per heavy atom. The van der Waals surface area contributed by atoms with Crippen molar-refractivity contribution in [3.63, 3.8) is 0 Å². The van der Waals surface area contributed by atoms with E-state index in [0.717, 1.165) is 17.7 Å². The second-order valence-corrected chi connectivity index (χ2v) is 10.7. The van der Waals surface area contributed by atoms with Crippen LogP contribution in [0.3, 0.4) is 0 Å². The van der Waals surface area contributed by atoms with Crippen LogP contribution in [0.25, 0.3) is 0 Å². The zero-order chi connectivity index (χ0) is 27.3. The highest BCUT2D eigenvalue weighted by atomic mass is 19.1. The Morgan fingerprint density at radius 1 is 1.18 bits per heavy atom. The van der Waals surface area contributed by atoms with Crippen molar-refractivity contribution in [3.05, 3.63) is 65.2 Å². The zero-order valence-corrected chi connectivity index (χ0v) is 22.1. The number of benzene rings is 2. The van der Waals surface area contributed by atoms with Crippen molar-refractivity contribution in [1.82, 2.24) is 31.3 Å². The fraction of sp³-hybridized carbons (Fsp3) is 0.444. The summed E-state index contributed by atoms with van der Waals surface area (Å²) in [7, 11) is 1.53. The molecule has 0 radical (unpaired) electrons. The number of H-pyrrole nitrogens is 1. The number of aromatic amines is 1. The lowest BCUT2D eigenvalue weighted by atomic mass is 9.87. The fourth-order valence-corrected chi connectivity index (χ4v) is 4.68. The number of aromatic nitrogens is 4. The number of tetrazole rings is 1. The predicted molar refractivity (Wildman–Crippen MR) is 140 cm³/mol. The Labute approximate surface area is 221 Å². The molecule has 2 atom stereocenters. The Kier molecular flexibility index (Phi) is 8.23. The van der Waals surface area contributed by atoms with Crippen molar-refractivity contribution in [2.24, 2.45) is 5.41 Å². The maximum atomic E-state index is 13.7. The minimum Gasteiger partial charge on any atom is -0.497 e. The third-order valence-electron chi connectivity index (χ3n) is 6.42. The van der Waals surface area contributed by atoms with Gasteiger partial charge < -0.3 is 20.3 Å². The van der Waals surface area contributed by atoms with Crippen molar-refractivity contribution in [3.8, 4) is 5.75 Å². The quantitative estimate of drug-likeness (QED) is 0.373. The number of fused-ring (bicyclic) bond motifs is 1. The van der Waals surface area contributed by atoms with E-state index in [1.165, 1.54) is 13.2 Å². The molecule has 10 nitrogen and oxygen atoms in total. The van der Waals surface area contributed by atoms with Gasteiger partial charge >= 0.3 is 0 Å². The van der Waals surface area contributed by atoms with Crippen molar-refractivity contribution in [1.29, 1.82) is 0 Å². The number of rotatable bonds is 10. The van der Waals surface area contributed by atoms with Crippen LogP contribution in [0.15, 0.2) is 42.5 Å². The second-order valence-electron chi connectivity index (χ2n) is 10.7. The van der Waals surface area contributed by atoms with Gasteiger partial charge in [-0.25, -0.2) is 9.49 Å². The summed E-state index contributed by atoms with van der Waals surface area (Å²) in [5, 5.41) is 20.1. The number of halogens is 1. The van der Waals surface area contributed by atoms with Gasteiger partial charge in [0.25, 0.3) is 5.91 Å². The van der Waals surface area contributed by atoms with Gasteiger partial charge in [0.1, 0.15) is 17.6 Å². The van der Waals surface area contributed by atoms with Crippen LogP contribution in [-0.2, 0) is 17.6 Å². The smallest absolute Gasteiger partial charge is 0.252 e. The number of hydrogen-bond donors (Lipinski definition) is 3. The molecule has 2 heterocycles. The first-order chi connectivity index (χ1) is 18.1. The number of nitrogens with one attached hydrogen (secondary N) is 3. The molecule has 0 fully saturated rings. The van der Waals surface area contributed by atoms with Crippen LogP contribution in [-0.4, -0.2) is 64.7 Å². The topological polar surface area (TPSA) is 125 Å². The molecular weight excluding hydrogens is 489 g/mol. The predicted octanol–water partition coefficient (Wildman–Crippen LogP) is 2.67. The summed E-state index contributed by atoms with van der Waals surface area (Å²) in [6.07, 6.45) is 1.51. The summed E-state index contributed by atoms with van der Waals surface area (Å²) < 4.78 is 19.0. The largest absolute Gasteiger partial charge is 0.497 e. The first-order valence-corrected chi connectivity index (χ1v) is 12.6. The van der Waals surface area contributed by atoms with Crippen LogP contribution in [0.5, 0.6) is 5.75 Å². The summed E-state index contributed by atoms with van der Waals surface area (Å²) in [4.78, 5) is 28.8. The van der Waals surface area contributed by atoms with Crippen molar-refractivity contribution in [2.45, 2.75) is 52.1 Å². The van der Waals surface area contributed by atoms with E-state index in [2.05, 4.69) is 36.2 Å². The van der Waals surface area contributed by atoms with Gasteiger partial charge in [0.05, 0.1) is 13.2 Å². The average molecular weight is 524 g/mol. The number of methoxy groups -OCH3 is 1. The monoisotopic (exact) mass is 523 g/mol. The molecule has 11 heteroatoms. The summed E-state index contributed by atoms with van der Waals surface area (Å²) in [5.41, 5.74) is 2.05. The number of anilines is 1. The van der Waals surface area contributed by atoms with E-state index in [1.54, 1.807) is 36.4 Å². The third-order valence-corrected chi connectivity index (χ3v) is 6.42. The Balaban J connectivity index is 1.52. The van der Waals surface area contributed by atoms with Crippen molar-refractivity contribution in [2.75, 3.05) is 25.1 Å². The Hall–Kier alpha value is -4.02. The molecule has 0 unspecified atom stereocenters. The highest BCUT2D eigenvalue weighted by Gasteiger charge is 2.30. The molecule has 202 valence electrons. The molecule has 3 aromatic rings. The van der Waals surface area contributed by atoms with Crippen molar-refractivity contribution < 1.29 is 18.7 Å². The van der Waals surface area contributed by atoms with E-state index < -0.39 is 6.04 Å². The lowest BCUT2D eigenvalue weighted by Crippen LogP contribution is -2.53. The molecule has 1 aliphatic rings. The minimum absolute atomic E-state index is 0.230. The minimum atomic E-state index is -0.774. The second kappa shape index (κ2) is 11.6. The molecule has 0 spiro atoms. The Morgan fingerprint density at radius 2 is 2.00 bits per heavy atom. The van der Waals surface area contributed by atoms with Crippen LogP contribution >= 0.6 is 0 Å². The van der Waals surface area contributed by atoms with Crippen LogP contribution < -0.4 is 20.3 Å². The zero-order valence-electron chi connectivity index (χ0n) is 22.1. The van der Waals surface area contributed by atoms with Crippen LogP contribution in [0.4, 0.5) is 10.1 Å². The van der Waals surface area contributed by atoms with Gasteiger partial charge in [0, 0.05) is 30.8 Å². The highest BCUT2D eigenvalue weighted by Crippen LogP contribution is 2.29. The van der Waals surface area contributed by atoms with Gasteiger partial charge in [-0.05, 0) is 70.6 Å². The highest BCUT2D eigenvalue weighted by molar-refractivity contribution is 5.97. The number of carbonyl (C=O) groups is 2. The molecule has 0 aliphatic carbocycles. The maximum absolute atomic E-state index is 13.7. The molecule has 2 amide bonds. The van der Waals surface area contributed by atoms with E-state index in [4.69, 9.17) is 4.74 Å². The molecule has 0 bridgehead atoms. The molecule has 0 saturated carbocycles. The summed E-state index contributed by atoms with van der Waals surface area (Å²) in [6.45, 7) is 7.23. The average Bonchev–Trinajstić information content (AvgIpc) is 3.52. The van der Waals surface area contributed by atoms with Gasteiger partial charge in [-0.3, -0.25) is 9.59 Å². The number of carbonyl (C=O) groups excluding carboxylic acids is 2. The van der Waals surface area contributed by atoms with E-state index in [1.807, 2.05) is 20.8 Å². The van der Waals surface area contributed by atoms with Crippen LogP contribution in [0.1, 0.15) is 48.9 Å². The van der Waals surface area contributed by atoms with Crippen molar-refractivity contribution >= 4 is 17.5 Å². The lowest BCUT2D eigenvalue weighted by molar-refractivity contribution is -0.124. The molecule has 1 aliphatic heterocycles. The Bertz CT molecular complexity index is 1260. The molecule has 2 aromatic carbocycles. The lowest BCUT2D eigenvalue weighted by Gasteiger charge is -2.30. The molecule has 4 rings (SSSR count). The molecule has 38 heavy (non-hydrogen) atoms. The van der Waals surface area contributed by atoms with E-state index in [0.29, 0.717) is 43.1 Å². The third kappa shape index (κ3) is 7.05. The number of ether oxygens (including phenoxy) is 1. The van der Waals surface area contributed by atoms with Crippen LogP contribution in [0, 0.1) is 11.2 Å². The first-order valence-electron chi connectivity index (χ1n) is 12.6. The summed E-state index contributed by atoms with van der Waals surface area (Å²) in [6, 6.07) is 10.4. The number of nitrogens with zero attached hydrogens (tertiary/aromatic N) is 4. The standard InChI is InChI=1S/C27H34FN7O3/c1-27(2,3)15-22(30-25(36)18-6-5-7-21(13-18)38-4)26(37)29-20(14-24-31-33-34-32-24)16-35-11-10-17-12-19(28)8-9-23(17)35/h5-9,12-13,20,22H,10-11,14-16H2,1-4H3,(H,29,37)(H,30,36)(H,31,32,33,34)/t20-,22-/m0/s1. The van der Waals surface area contributed by atoms with E-state index in [-0.39, 0.29) is 29.1 Å².